The molecular weight excluding hydrogens is 350 g/mol. The molecule has 0 aliphatic heterocycles. The van der Waals surface area contributed by atoms with Gasteiger partial charge in [0.05, 0.1) is 12.5 Å². The highest BCUT2D eigenvalue weighted by molar-refractivity contribution is 5.80. The first-order valence-corrected chi connectivity index (χ1v) is 9.30. The summed E-state index contributed by atoms with van der Waals surface area (Å²) in [7, 11) is 3.65. The highest BCUT2D eigenvalue weighted by atomic mass is 16.5. The molecule has 0 bridgehead atoms. The van der Waals surface area contributed by atoms with Crippen molar-refractivity contribution in [3.63, 3.8) is 0 Å². The number of carbonyl (C=O) groups is 2. The zero-order valence-corrected chi connectivity index (χ0v) is 16.6. The second-order valence-electron chi connectivity index (χ2n) is 6.55. The molecule has 0 aliphatic carbocycles. The van der Waals surface area contributed by atoms with Gasteiger partial charge in [-0.15, -0.1) is 0 Å². The van der Waals surface area contributed by atoms with E-state index in [0.717, 1.165) is 25.7 Å². The third kappa shape index (κ3) is 8.16. The third-order valence-corrected chi connectivity index (χ3v) is 3.90. The maximum atomic E-state index is 12.5. The van der Waals surface area contributed by atoms with Gasteiger partial charge in [0.25, 0.3) is 0 Å². The quantitative estimate of drug-likeness (QED) is 0.203. The van der Waals surface area contributed by atoms with Crippen molar-refractivity contribution in [2.75, 3.05) is 31.0 Å². The molecule has 27 heavy (non-hydrogen) atoms. The van der Waals surface area contributed by atoms with Crippen molar-refractivity contribution in [1.29, 1.82) is 0 Å². The van der Waals surface area contributed by atoms with E-state index >= 15 is 0 Å². The Hall–Kier alpha value is -2.49. The number of aromatic nitrogens is 3. The smallest absolute Gasteiger partial charge is 0.246 e. The Morgan fingerprint density at radius 2 is 1.93 bits per heavy atom. The van der Waals surface area contributed by atoms with Gasteiger partial charge in [0, 0.05) is 20.5 Å². The first-order valence-electron chi connectivity index (χ1n) is 9.30. The van der Waals surface area contributed by atoms with E-state index in [1.54, 1.807) is 4.90 Å². The number of carbonyl (C=O) groups excluding carboxylic acids is 2. The Morgan fingerprint density at radius 3 is 2.52 bits per heavy atom. The lowest BCUT2D eigenvalue weighted by atomic mass is 10.0. The summed E-state index contributed by atoms with van der Waals surface area (Å²) in [6.07, 6.45) is 5.27. The van der Waals surface area contributed by atoms with Crippen molar-refractivity contribution in [1.82, 2.24) is 25.4 Å². The van der Waals surface area contributed by atoms with E-state index in [1.165, 1.54) is 0 Å². The van der Waals surface area contributed by atoms with Crippen LogP contribution in [0, 0.1) is 5.92 Å². The molecule has 0 radical (unpaired) electrons. The van der Waals surface area contributed by atoms with Crippen LogP contribution in [0.2, 0.25) is 0 Å². The summed E-state index contributed by atoms with van der Waals surface area (Å²) < 4.78 is 0. The van der Waals surface area contributed by atoms with Gasteiger partial charge in [-0.1, -0.05) is 33.1 Å². The van der Waals surface area contributed by atoms with Gasteiger partial charge in [0.2, 0.25) is 24.2 Å². The number of unbranched alkanes of at least 4 members (excludes halogenated alkanes) is 2. The van der Waals surface area contributed by atoms with Gasteiger partial charge in [-0.3, -0.25) is 25.6 Å². The minimum atomic E-state index is -0.537. The number of hydroxylamine groups is 2. The Kier molecular flexibility index (Phi) is 10.0. The molecule has 1 atom stereocenters. The van der Waals surface area contributed by atoms with Crippen molar-refractivity contribution in [3.05, 3.63) is 5.82 Å². The maximum Gasteiger partial charge on any atom is 0.246 e. The Balaban J connectivity index is 2.79. The monoisotopic (exact) mass is 381 g/mol. The molecular formula is C17H31N7O3. The van der Waals surface area contributed by atoms with Crippen LogP contribution in [0.3, 0.4) is 0 Å². The highest BCUT2D eigenvalue weighted by Crippen LogP contribution is 2.12. The van der Waals surface area contributed by atoms with Crippen LogP contribution in [0.25, 0.3) is 0 Å². The molecule has 1 unspecified atom stereocenters. The van der Waals surface area contributed by atoms with Crippen molar-refractivity contribution in [2.45, 2.75) is 52.4 Å². The van der Waals surface area contributed by atoms with Gasteiger partial charge >= 0.3 is 0 Å². The molecule has 1 aromatic heterocycles. The van der Waals surface area contributed by atoms with Crippen LogP contribution in [0.4, 0.5) is 11.9 Å². The molecule has 10 heteroatoms. The second kappa shape index (κ2) is 12.0. The molecule has 10 nitrogen and oxygen atoms in total. The van der Waals surface area contributed by atoms with Crippen LogP contribution in [-0.2, 0) is 16.0 Å². The Morgan fingerprint density at radius 1 is 1.19 bits per heavy atom. The summed E-state index contributed by atoms with van der Waals surface area (Å²) in [4.78, 5) is 37.8. The molecule has 1 rings (SSSR count). The van der Waals surface area contributed by atoms with Crippen LogP contribution in [0.15, 0.2) is 0 Å². The van der Waals surface area contributed by atoms with E-state index in [1.807, 2.05) is 21.0 Å². The number of hydrogen-bond acceptors (Lipinski definition) is 8. The zero-order chi connectivity index (χ0) is 20.2. The first-order chi connectivity index (χ1) is 12.9. The van der Waals surface area contributed by atoms with Crippen LogP contribution >= 0.6 is 0 Å². The van der Waals surface area contributed by atoms with Crippen LogP contribution in [-0.4, -0.2) is 58.2 Å². The van der Waals surface area contributed by atoms with Gasteiger partial charge in [-0.05, 0) is 12.8 Å². The summed E-state index contributed by atoms with van der Waals surface area (Å²) in [6.45, 7) is 4.03. The minimum Gasteiger partial charge on any atom is -0.347 e. The molecule has 0 aliphatic rings. The summed E-state index contributed by atoms with van der Waals surface area (Å²) in [5.74, 6) is 0.497. The van der Waals surface area contributed by atoms with Crippen molar-refractivity contribution in [2.24, 2.45) is 5.92 Å². The van der Waals surface area contributed by atoms with E-state index in [0.29, 0.717) is 36.1 Å². The van der Waals surface area contributed by atoms with Gasteiger partial charge in [0.1, 0.15) is 5.82 Å². The van der Waals surface area contributed by atoms with E-state index in [2.05, 4.69) is 32.7 Å². The molecule has 1 aromatic rings. The molecule has 1 heterocycles. The fourth-order valence-corrected chi connectivity index (χ4v) is 2.43. The average Bonchev–Trinajstić information content (AvgIpc) is 2.65. The van der Waals surface area contributed by atoms with E-state index in [-0.39, 0.29) is 18.4 Å². The predicted molar refractivity (Wildman–Crippen MR) is 102 cm³/mol. The number of rotatable bonds is 13. The van der Waals surface area contributed by atoms with Gasteiger partial charge in [0.15, 0.2) is 0 Å². The third-order valence-electron chi connectivity index (χ3n) is 3.90. The molecule has 0 aromatic carbocycles. The molecule has 3 N–H and O–H groups in total. The summed E-state index contributed by atoms with van der Waals surface area (Å²) in [6, 6.07) is 0. The molecule has 0 saturated heterocycles. The van der Waals surface area contributed by atoms with Gasteiger partial charge in [-0.2, -0.15) is 15.0 Å². The number of hydrogen-bond donors (Lipinski definition) is 3. The molecule has 0 saturated carbocycles. The fourth-order valence-electron chi connectivity index (χ4n) is 2.43. The highest BCUT2D eigenvalue weighted by Gasteiger charge is 2.21. The SMILES string of the molecule is CCCCCC(CN(O)C=O)C(=O)NNc1nc(CCC)nc(N(C)C)n1. The number of hydrazine groups is 1. The number of nitrogens with one attached hydrogen (secondary N) is 2. The molecule has 2 amide bonds. The second-order valence-corrected chi connectivity index (χ2v) is 6.55. The Labute approximate surface area is 160 Å². The standard InChI is InChI=1S/C17H31N7O3/c1-5-7-8-10-13(11-24(27)12-25)15(26)21-22-16-18-14(9-6-2)19-17(20-16)23(3)4/h12-13,27H,5-11H2,1-4H3,(H,21,26)(H,18,19,20,22). The largest absolute Gasteiger partial charge is 0.347 e. The molecule has 152 valence electrons. The lowest BCUT2D eigenvalue weighted by molar-refractivity contribution is -0.154. The number of amides is 2. The first kappa shape index (κ1) is 22.6. The van der Waals surface area contributed by atoms with Crippen molar-refractivity contribution >= 4 is 24.2 Å². The van der Waals surface area contributed by atoms with E-state index in [9.17, 15) is 14.8 Å². The van der Waals surface area contributed by atoms with Crippen LogP contribution < -0.4 is 15.8 Å². The molecule has 0 fully saturated rings. The Bertz CT molecular complexity index is 598. The maximum absolute atomic E-state index is 12.5. The van der Waals surface area contributed by atoms with Gasteiger partial charge in [-0.25, -0.2) is 5.06 Å². The lowest BCUT2D eigenvalue weighted by Gasteiger charge is -2.20. The van der Waals surface area contributed by atoms with Crippen LogP contribution in [0.5, 0.6) is 0 Å². The van der Waals surface area contributed by atoms with E-state index < -0.39 is 5.92 Å². The van der Waals surface area contributed by atoms with Crippen molar-refractivity contribution < 1.29 is 14.8 Å². The summed E-state index contributed by atoms with van der Waals surface area (Å²) in [5, 5.41) is 9.93. The average molecular weight is 381 g/mol. The van der Waals surface area contributed by atoms with Crippen LogP contribution in [0.1, 0.15) is 51.8 Å². The van der Waals surface area contributed by atoms with Gasteiger partial charge < -0.3 is 4.90 Å². The summed E-state index contributed by atoms with van der Waals surface area (Å²) >= 11 is 0. The van der Waals surface area contributed by atoms with Crippen molar-refractivity contribution in [3.8, 4) is 0 Å². The normalized spacial score (nSPS) is 11.6. The minimum absolute atomic E-state index is 0.0675. The number of aryl methyl sites for hydroxylation is 1. The predicted octanol–water partition coefficient (Wildman–Crippen LogP) is 1.38. The van der Waals surface area contributed by atoms with E-state index in [4.69, 9.17) is 0 Å². The molecule has 0 spiro atoms. The topological polar surface area (TPSA) is 124 Å². The number of nitrogens with zero attached hydrogens (tertiary/aromatic N) is 5. The fraction of sp³-hybridized carbons (Fsp3) is 0.706. The zero-order valence-electron chi connectivity index (χ0n) is 16.6. The number of anilines is 2. The lowest BCUT2D eigenvalue weighted by Crippen LogP contribution is -2.40. The summed E-state index contributed by atoms with van der Waals surface area (Å²) in [5.41, 5.74) is 5.30.